The van der Waals surface area contributed by atoms with Crippen molar-refractivity contribution in [1.82, 2.24) is 14.1 Å². The summed E-state index contributed by atoms with van der Waals surface area (Å²) in [5.41, 5.74) is 4.58. The third kappa shape index (κ3) is 3.67. The van der Waals surface area contributed by atoms with Crippen LogP contribution in [0.25, 0.3) is 6.08 Å². The Labute approximate surface area is 194 Å². The zero-order chi connectivity index (χ0) is 22.9. The molecule has 1 fully saturated rings. The number of aromatic nitrogens is 3. The minimum absolute atomic E-state index is 0.0810. The molecule has 6 heteroatoms. The van der Waals surface area contributed by atoms with Gasteiger partial charge in [0.1, 0.15) is 12.4 Å². The molecule has 6 nitrogen and oxygen atoms in total. The Morgan fingerprint density at radius 1 is 1.18 bits per heavy atom. The van der Waals surface area contributed by atoms with Crippen molar-refractivity contribution in [3.8, 4) is 11.6 Å². The fourth-order valence-corrected chi connectivity index (χ4v) is 5.59. The first-order chi connectivity index (χ1) is 16.1. The average Bonchev–Trinajstić information content (AvgIpc) is 3.11. The normalized spacial score (nSPS) is 17.9. The Morgan fingerprint density at radius 3 is 2.70 bits per heavy atom. The second kappa shape index (κ2) is 8.93. The molecule has 1 aliphatic heterocycles. The van der Waals surface area contributed by atoms with Gasteiger partial charge in [0.2, 0.25) is 5.88 Å². The predicted molar refractivity (Wildman–Crippen MR) is 129 cm³/mol. The largest absolute Gasteiger partial charge is 0.493 e. The van der Waals surface area contributed by atoms with Crippen LogP contribution in [-0.4, -0.2) is 19.2 Å². The van der Waals surface area contributed by atoms with E-state index in [1.807, 2.05) is 34.9 Å². The molecule has 2 aromatic heterocycles. The molecular weight excluding hydrogens is 414 g/mol. The van der Waals surface area contributed by atoms with Crippen molar-refractivity contribution in [3.63, 3.8) is 0 Å². The first kappa shape index (κ1) is 21.6. The molecule has 1 aromatic carbocycles. The Morgan fingerprint density at radius 2 is 2.00 bits per heavy atom. The molecule has 0 spiro atoms. The molecule has 5 rings (SSSR count). The van der Waals surface area contributed by atoms with E-state index in [2.05, 4.69) is 24.6 Å². The fourth-order valence-electron chi connectivity index (χ4n) is 5.59. The van der Waals surface area contributed by atoms with Crippen LogP contribution < -0.4 is 10.4 Å². The van der Waals surface area contributed by atoms with Gasteiger partial charge >= 0.3 is 5.69 Å². The van der Waals surface area contributed by atoms with Crippen molar-refractivity contribution >= 4 is 6.08 Å². The number of imidazole rings is 1. The first-order valence-electron chi connectivity index (χ1n) is 12.0. The van der Waals surface area contributed by atoms with E-state index in [1.54, 1.807) is 10.8 Å². The van der Waals surface area contributed by atoms with Crippen molar-refractivity contribution < 1.29 is 9.84 Å². The predicted octanol–water partition coefficient (Wildman–Crippen LogP) is 5.38. The molecule has 0 radical (unpaired) electrons. The molecule has 1 N–H and O–H groups in total. The number of hydrogen-bond acceptors (Lipinski definition) is 4. The summed E-state index contributed by atoms with van der Waals surface area (Å²) in [6.07, 6.45) is 10.1. The highest BCUT2D eigenvalue weighted by Gasteiger charge is 2.34. The Hall–Kier alpha value is -3.28. The lowest BCUT2D eigenvalue weighted by atomic mass is 9.87. The molecule has 2 aliphatic rings. The number of fused-ring (bicyclic) bond motifs is 2. The summed E-state index contributed by atoms with van der Waals surface area (Å²) in [5, 5.41) is 11.2. The van der Waals surface area contributed by atoms with E-state index in [4.69, 9.17) is 4.74 Å². The lowest BCUT2D eigenvalue weighted by Crippen LogP contribution is -2.33. The molecule has 1 atom stereocenters. The molecule has 33 heavy (non-hydrogen) atoms. The van der Waals surface area contributed by atoms with Crippen LogP contribution in [0, 0.1) is 0 Å². The average molecular weight is 446 g/mol. The summed E-state index contributed by atoms with van der Waals surface area (Å²) in [7, 11) is 0. The van der Waals surface area contributed by atoms with Gasteiger partial charge in [-0.1, -0.05) is 51.0 Å². The fraction of sp³-hybridized carbons (Fsp3) is 0.407. The summed E-state index contributed by atoms with van der Waals surface area (Å²) in [4.78, 5) is 17.8. The van der Waals surface area contributed by atoms with Crippen molar-refractivity contribution in [1.29, 1.82) is 0 Å². The standard InChI is InChI=1S/C27H31N3O3/c1-3-20-22-16-24-26(31)29(19-11-6-5-7-12-19)27(32)30(24)23(4-2)21(22)13-14-25(20)33-17-18-10-8-9-15-28-18/h3,8-10,13-15,19,23,31H,1,4-7,11-12,16-17H2,2H3/t23-/m1/s1. The molecule has 0 amide bonds. The minimum Gasteiger partial charge on any atom is -0.493 e. The molecule has 0 saturated heterocycles. The number of hydrogen-bond donors (Lipinski definition) is 1. The highest BCUT2D eigenvalue weighted by molar-refractivity contribution is 5.64. The van der Waals surface area contributed by atoms with E-state index < -0.39 is 0 Å². The first-order valence-corrected chi connectivity index (χ1v) is 12.0. The quantitative estimate of drug-likeness (QED) is 0.553. The van der Waals surface area contributed by atoms with E-state index in [-0.39, 0.29) is 23.7 Å². The summed E-state index contributed by atoms with van der Waals surface area (Å²) in [6, 6.07) is 9.76. The molecule has 172 valence electrons. The second-order valence-corrected chi connectivity index (χ2v) is 9.04. The SMILES string of the molecule is C=Cc1c(OCc2ccccn2)ccc2c1Cc1c(O)n(C3CCCCC3)c(=O)n1[C@@H]2CC. The van der Waals surface area contributed by atoms with Crippen LogP contribution in [0.5, 0.6) is 11.6 Å². The van der Waals surface area contributed by atoms with Crippen LogP contribution in [0.4, 0.5) is 0 Å². The number of pyridine rings is 1. The maximum atomic E-state index is 13.5. The summed E-state index contributed by atoms with van der Waals surface area (Å²) in [5.74, 6) is 0.872. The van der Waals surface area contributed by atoms with Gasteiger partial charge in [-0.15, -0.1) is 0 Å². The zero-order valence-electron chi connectivity index (χ0n) is 19.2. The maximum Gasteiger partial charge on any atom is 0.332 e. The van der Waals surface area contributed by atoms with Gasteiger partial charge in [-0.3, -0.25) is 14.1 Å². The smallest absolute Gasteiger partial charge is 0.332 e. The molecule has 1 saturated carbocycles. The van der Waals surface area contributed by atoms with Gasteiger partial charge in [0.25, 0.3) is 0 Å². The van der Waals surface area contributed by atoms with E-state index in [1.165, 1.54) is 6.42 Å². The van der Waals surface area contributed by atoms with Gasteiger partial charge in [-0.2, -0.15) is 0 Å². The van der Waals surface area contributed by atoms with Gasteiger partial charge in [-0.25, -0.2) is 4.79 Å². The van der Waals surface area contributed by atoms with Crippen molar-refractivity contribution in [2.24, 2.45) is 0 Å². The van der Waals surface area contributed by atoms with Crippen LogP contribution in [-0.2, 0) is 13.0 Å². The highest BCUT2D eigenvalue weighted by atomic mass is 16.5. The van der Waals surface area contributed by atoms with Gasteiger partial charge in [0, 0.05) is 24.2 Å². The minimum atomic E-state index is -0.115. The van der Waals surface area contributed by atoms with Crippen molar-refractivity contribution in [2.75, 3.05) is 0 Å². The van der Waals surface area contributed by atoms with Crippen molar-refractivity contribution in [3.05, 3.63) is 81.7 Å². The molecule has 0 unspecified atom stereocenters. The number of ether oxygens (including phenoxy) is 1. The van der Waals surface area contributed by atoms with Gasteiger partial charge in [0.05, 0.1) is 17.4 Å². The number of nitrogens with zero attached hydrogens (tertiary/aromatic N) is 3. The highest BCUT2D eigenvalue weighted by Crippen LogP contribution is 2.42. The lowest BCUT2D eigenvalue weighted by molar-refractivity contribution is 0.300. The maximum absolute atomic E-state index is 13.5. The van der Waals surface area contributed by atoms with Gasteiger partial charge in [-0.05, 0) is 48.6 Å². The van der Waals surface area contributed by atoms with E-state index in [0.717, 1.165) is 60.2 Å². The van der Waals surface area contributed by atoms with E-state index >= 15 is 0 Å². The van der Waals surface area contributed by atoms with Crippen LogP contribution in [0.3, 0.4) is 0 Å². The molecule has 1 aliphatic carbocycles. The summed E-state index contributed by atoms with van der Waals surface area (Å²) in [6.45, 7) is 6.50. The number of benzene rings is 1. The Bertz CT molecular complexity index is 1220. The Balaban J connectivity index is 1.55. The van der Waals surface area contributed by atoms with E-state index in [9.17, 15) is 9.90 Å². The van der Waals surface area contributed by atoms with Crippen LogP contribution in [0.1, 0.15) is 85.6 Å². The molecule has 3 heterocycles. The van der Waals surface area contributed by atoms with Crippen LogP contribution in [0.15, 0.2) is 47.9 Å². The third-order valence-corrected chi connectivity index (χ3v) is 7.19. The van der Waals surface area contributed by atoms with Crippen LogP contribution in [0.2, 0.25) is 0 Å². The zero-order valence-corrected chi connectivity index (χ0v) is 19.2. The molecule has 3 aromatic rings. The van der Waals surface area contributed by atoms with Crippen molar-refractivity contribution in [2.45, 2.75) is 70.6 Å². The topological polar surface area (TPSA) is 69.3 Å². The summed E-state index contributed by atoms with van der Waals surface area (Å²) < 4.78 is 9.61. The molecule has 0 bridgehead atoms. The summed E-state index contributed by atoms with van der Waals surface area (Å²) >= 11 is 0. The van der Waals surface area contributed by atoms with E-state index in [0.29, 0.717) is 18.7 Å². The lowest BCUT2D eigenvalue weighted by Gasteiger charge is -2.29. The molecular formula is C27H31N3O3. The third-order valence-electron chi connectivity index (χ3n) is 7.19. The second-order valence-electron chi connectivity index (χ2n) is 9.04. The van der Waals surface area contributed by atoms with Crippen LogP contribution >= 0.6 is 0 Å². The monoisotopic (exact) mass is 445 g/mol. The Kier molecular flexibility index (Phi) is 5.83. The van der Waals surface area contributed by atoms with Gasteiger partial charge in [0.15, 0.2) is 0 Å². The van der Waals surface area contributed by atoms with Gasteiger partial charge < -0.3 is 9.84 Å². The number of rotatable bonds is 6. The number of aromatic hydroxyl groups is 1.